The molecule has 0 bridgehead atoms. The van der Waals surface area contributed by atoms with Gasteiger partial charge < -0.3 is 5.11 Å². The van der Waals surface area contributed by atoms with Gasteiger partial charge in [-0.25, -0.2) is 4.68 Å². The minimum atomic E-state index is -0.120. The number of aromatic nitrogens is 3. The van der Waals surface area contributed by atoms with Crippen LogP contribution in [0.1, 0.15) is 22.5 Å². The lowest BCUT2D eigenvalue weighted by atomic mass is 10.1. The highest BCUT2D eigenvalue weighted by Gasteiger charge is 2.07. The standard InChI is InChI=1S/C15H17N3O/c1-3-10-18-15(14(11-19)16-17-18)9-8-13-6-4-12(2)5-7-13/h3-9,19H,1,10-11H2,2H3/b9-8+. The number of nitrogens with zero attached hydrogens (tertiary/aromatic N) is 3. The Kier molecular flexibility index (Phi) is 4.26. The van der Waals surface area contributed by atoms with E-state index in [9.17, 15) is 5.11 Å². The van der Waals surface area contributed by atoms with Gasteiger partial charge in [0.2, 0.25) is 0 Å². The van der Waals surface area contributed by atoms with Crippen molar-refractivity contribution >= 4 is 12.2 Å². The second-order valence-electron chi connectivity index (χ2n) is 4.29. The van der Waals surface area contributed by atoms with Gasteiger partial charge in [-0.2, -0.15) is 0 Å². The quantitative estimate of drug-likeness (QED) is 0.835. The molecule has 0 atom stereocenters. The zero-order valence-corrected chi connectivity index (χ0v) is 11.0. The molecule has 0 saturated heterocycles. The Morgan fingerprint density at radius 1 is 1.26 bits per heavy atom. The number of hydrogen-bond acceptors (Lipinski definition) is 3. The zero-order chi connectivity index (χ0) is 13.7. The van der Waals surface area contributed by atoms with Crippen LogP contribution in [0.25, 0.3) is 12.2 Å². The van der Waals surface area contributed by atoms with Gasteiger partial charge in [0.15, 0.2) is 0 Å². The van der Waals surface area contributed by atoms with E-state index in [-0.39, 0.29) is 6.61 Å². The summed E-state index contributed by atoms with van der Waals surface area (Å²) in [5, 5.41) is 17.2. The van der Waals surface area contributed by atoms with E-state index in [1.165, 1.54) is 5.56 Å². The molecule has 2 rings (SSSR count). The summed E-state index contributed by atoms with van der Waals surface area (Å²) in [4.78, 5) is 0. The van der Waals surface area contributed by atoms with Gasteiger partial charge >= 0.3 is 0 Å². The van der Waals surface area contributed by atoms with Crippen molar-refractivity contribution in [3.63, 3.8) is 0 Å². The lowest BCUT2D eigenvalue weighted by molar-refractivity contribution is 0.276. The summed E-state index contributed by atoms with van der Waals surface area (Å²) in [5.74, 6) is 0. The van der Waals surface area contributed by atoms with Crippen LogP contribution in [-0.2, 0) is 13.2 Å². The van der Waals surface area contributed by atoms with Crippen molar-refractivity contribution in [1.82, 2.24) is 15.0 Å². The molecule has 0 aliphatic rings. The zero-order valence-electron chi connectivity index (χ0n) is 11.0. The molecule has 0 unspecified atom stereocenters. The molecule has 1 aromatic carbocycles. The molecule has 0 aliphatic heterocycles. The van der Waals surface area contributed by atoms with Gasteiger partial charge in [-0.15, -0.1) is 11.7 Å². The maximum Gasteiger partial charge on any atom is 0.115 e. The molecule has 0 fully saturated rings. The molecule has 4 heteroatoms. The fourth-order valence-electron chi connectivity index (χ4n) is 1.76. The summed E-state index contributed by atoms with van der Waals surface area (Å²) in [7, 11) is 0. The van der Waals surface area contributed by atoms with Gasteiger partial charge in [-0.05, 0) is 18.6 Å². The number of allylic oxidation sites excluding steroid dienone is 1. The van der Waals surface area contributed by atoms with Crippen LogP contribution in [0.3, 0.4) is 0 Å². The van der Waals surface area contributed by atoms with Crippen LogP contribution in [0.5, 0.6) is 0 Å². The van der Waals surface area contributed by atoms with Crippen molar-refractivity contribution in [2.45, 2.75) is 20.1 Å². The predicted molar refractivity (Wildman–Crippen MR) is 76.2 cm³/mol. The second-order valence-corrected chi connectivity index (χ2v) is 4.29. The highest BCUT2D eigenvalue weighted by molar-refractivity contribution is 5.69. The average molecular weight is 255 g/mol. The molecule has 0 saturated carbocycles. The maximum atomic E-state index is 9.26. The SMILES string of the molecule is C=CCn1nnc(CO)c1/C=C/c1ccc(C)cc1. The van der Waals surface area contributed by atoms with E-state index in [4.69, 9.17) is 0 Å². The van der Waals surface area contributed by atoms with Gasteiger partial charge in [0.05, 0.1) is 18.8 Å². The highest BCUT2D eigenvalue weighted by atomic mass is 16.3. The number of aliphatic hydroxyl groups excluding tert-OH is 1. The van der Waals surface area contributed by atoms with Crippen LogP contribution in [-0.4, -0.2) is 20.1 Å². The number of benzene rings is 1. The fourth-order valence-corrected chi connectivity index (χ4v) is 1.76. The third-order valence-corrected chi connectivity index (χ3v) is 2.81. The van der Waals surface area contributed by atoms with E-state index in [1.54, 1.807) is 10.8 Å². The fraction of sp³-hybridized carbons (Fsp3) is 0.200. The largest absolute Gasteiger partial charge is 0.390 e. The van der Waals surface area contributed by atoms with Crippen LogP contribution in [0.4, 0.5) is 0 Å². The minimum Gasteiger partial charge on any atom is -0.390 e. The molecular formula is C15H17N3O. The molecule has 98 valence electrons. The third kappa shape index (κ3) is 3.17. The Labute approximate surface area is 112 Å². The summed E-state index contributed by atoms with van der Waals surface area (Å²) >= 11 is 0. The van der Waals surface area contributed by atoms with Crippen molar-refractivity contribution in [3.8, 4) is 0 Å². The van der Waals surface area contributed by atoms with Crippen molar-refractivity contribution in [2.24, 2.45) is 0 Å². The number of rotatable bonds is 5. The summed E-state index contributed by atoms with van der Waals surface area (Å²) < 4.78 is 1.71. The molecule has 0 radical (unpaired) electrons. The summed E-state index contributed by atoms with van der Waals surface area (Å²) in [5.41, 5.74) is 3.71. The molecule has 1 N–H and O–H groups in total. The summed E-state index contributed by atoms with van der Waals surface area (Å²) in [6.45, 7) is 6.19. The first kappa shape index (κ1) is 13.2. The van der Waals surface area contributed by atoms with Crippen molar-refractivity contribution in [1.29, 1.82) is 0 Å². The van der Waals surface area contributed by atoms with E-state index in [2.05, 4.69) is 35.9 Å². The van der Waals surface area contributed by atoms with Crippen LogP contribution in [0.15, 0.2) is 36.9 Å². The Balaban J connectivity index is 2.28. The lowest BCUT2D eigenvalue weighted by Gasteiger charge is -2.00. The molecule has 0 spiro atoms. The molecule has 1 aromatic heterocycles. The van der Waals surface area contributed by atoms with Gasteiger partial charge in [0.1, 0.15) is 5.69 Å². The van der Waals surface area contributed by atoms with E-state index < -0.39 is 0 Å². The molecule has 2 aromatic rings. The average Bonchev–Trinajstić information content (AvgIpc) is 2.81. The van der Waals surface area contributed by atoms with Crippen LogP contribution < -0.4 is 0 Å². The molecule has 4 nitrogen and oxygen atoms in total. The normalized spacial score (nSPS) is 11.1. The third-order valence-electron chi connectivity index (χ3n) is 2.81. The summed E-state index contributed by atoms with van der Waals surface area (Å²) in [6.07, 6.45) is 5.65. The minimum absolute atomic E-state index is 0.120. The Morgan fingerprint density at radius 2 is 2.00 bits per heavy atom. The first-order chi connectivity index (χ1) is 9.24. The van der Waals surface area contributed by atoms with Crippen LogP contribution >= 0.6 is 0 Å². The van der Waals surface area contributed by atoms with E-state index >= 15 is 0 Å². The first-order valence-corrected chi connectivity index (χ1v) is 6.13. The lowest BCUT2D eigenvalue weighted by Crippen LogP contribution is -2.00. The monoisotopic (exact) mass is 255 g/mol. The van der Waals surface area contributed by atoms with Gasteiger partial charge in [-0.1, -0.05) is 47.2 Å². The van der Waals surface area contributed by atoms with E-state index in [0.717, 1.165) is 11.3 Å². The highest BCUT2D eigenvalue weighted by Crippen LogP contribution is 2.12. The Morgan fingerprint density at radius 3 is 2.63 bits per heavy atom. The first-order valence-electron chi connectivity index (χ1n) is 6.13. The van der Waals surface area contributed by atoms with Crippen molar-refractivity contribution < 1.29 is 5.11 Å². The van der Waals surface area contributed by atoms with Crippen molar-refractivity contribution in [3.05, 3.63) is 59.4 Å². The molecule has 0 aliphatic carbocycles. The second kappa shape index (κ2) is 6.11. The smallest absolute Gasteiger partial charge is 0.115 e. The van der Waals surface area contributed by atoms with E-state index in [0.29, 0.717) is 12.2 Å². The summed E-state index contributed by atoms with van der Waals surface area (Å²) in [6, 6.07) is 8.22. The molecule has 19 heavy (non-hydrogen) atoms. The van der Waals surface area contributed by atoms with Gasteiger partial charge in [0.25, 0.3) is 0 Å². The number of aryl methyl sites for hydroxylation is 1. The van der Waals surface area contributed by atoms with Gasteiger partial charge in [0, 0.05) is 0 Å². The predicted octanol–water partition coefficient (Wildman–Crippen LogP) is 2.44. The molecule has 0 amide bonds. The Hall–Kier alpha value is -2.20. The van der Waals surface area contributed by atoms with Crippen LogP contribution in [0, 0.1) is 6.92 Å². The topological polar surface area (TPSA) is 50.9 Å². The Bertz CT molecular complexity index is 582. The van der Waals surface area contributed by atoms with Crippen molar-refractivity contribution in [2.75, 3.05) is 0 Å². The van der Waals surface area contributed by atoms with E-state index in [1.807, 2.05) is 24.3 Å². The number of aliphatic hydroxyl groups is 1. The number of hydrogen-bond donors (Lipinski definition) is 1. The maximum absolute atomic E-state index is 9.26. The molecule has 1 heterocycles. The van der Waals surface area contributed by atoms with Gasteiger partial charge in [-0.3, -0.25) is 0 Å². The van der Waals surface area contributed by atoms with Crippen LogP contribution in [0.2, 0.25) is 0 Å². The molecular weight excluding hydrogens is 238 g/mol.